The van der Waals surface area contributed by atoms with Crippen molar-refractivity contribution in [3.63, 3.8) is 0 Å². The van der Waals surface area contributed by atoms with E-state index >= 15 is 0 Å². The molecule has 1 unspecified atom stereocenters. The third-order valence-corrected chi connectivity index (χ3v) is 1.29. The van der Waals surface area contributed by atoms with Crippen LogP contribution in [0.5, 0.6) is 0 Å². The van der Waals surface area contributed by atoms with Gasteiger partial charge in [-0.05, 0) is 18.6 Å². The lowest BCUT2D eigenvalue weighted by molar-refractivity contribution is 0.234. The quantitative estimate of drug-likeness (QED) is 0.574. The van der Waals surface area contributed by atoms with Gasteiger partial charge in [-0.25, -0.2) is 4.39 Å². The summed E-state index contributed by atoms with van der Waals surface area (Å²) in [4.78, 5) is 0. The second kappa shape index (κ2) is 2.67. The summed E-state index contributed by atoms with van der Waals surface area (Å²) < 4.78 is 14.2. The molecule has 0 radical (unpaired) electrons. The van der Waals surface area contributed by atoms with E-state index in [9.17, 15) is 4.39 Å². The minimum atomic E-state index is -0.847. The van der Waals surface area contributed by atoms with Gasteiger partial charge in [0.15, 0.2) is 6.30 Å². The fourth-order valence-corrected chi connectivity index (χ4v) is 0.745. The molecule has 1 aromatic rings. The summed E-state index contributed by atoms with van der Waals surface area (Å²) >= 11 is 0. The topological polar surface area (TPSA) is 4.93 Å². The highest BCUT2D eigenvalue weighted by atomic mass is 19.1. The van der Waals surface area contributed by atoms with Gasteiger partial charge in [0.05, 0.1) is 0 Å². The van der Waals surface area contributed by atoms with Crippen molar-refractivity contribution in [3.05, 3.63) is 24.5 Å². The Labute approximate surface area is 54.1 Å². The van der Waals surface area contributed by atoms with Crippen LogP contribution in [0, 0.1) is 0 Å². The van der Waals surface area contributed by atoms with E-state index < -0.39 is 6.30 Å². The van der Waals surface area contributed by atoms with E-state index in [-0.39, 0.29) is 0 Å². The third kappa shape index (κ3) is 1.31. The minimum absolute atomic E-state index is 0.536. The Morgan fingerprint density at radius 1 is 1.44 bits per heavy atom. The Balaban J connectivity index is 2.65. The van der Waals surface area contributed by atoms with Gasteiger partial charge in [-0.1, -0.05) is 6.92 Å². The number of rotatable bonds is 2. The van der Waals surface area contributed by atoms with Crippen molar-refractivity contribution in [1.82, 2.24) is 4.57 Å². The van der Waals surface area contributed by atoms with Crippen LogP contribution in [0.2, 0.25) is 0 Å². The zero-order chi connectivity index (χ0) is 6.69. The highest BCUT2D eigenvalue weighted by Crippen LogP contribution is 2.11. The molecule has 1 atom stereocenters. The van der Waals surface area contributed by atoms with Gasteiger partial charge in [-0.15, -0.1) is 0 Å². The van der Waals surface area contributed by atoms with Gasteiger partial charge >= 0.3 is 0 Å². The second-order valence-corrected chi connectivity index (χ2v) is 1.97. The van der Waals surface area contributed by atoms with Crippen LogP contribution in [0.4, 0.5) is 4.39 Å². The van der Waals surface area contributed by atoms with Crippen molar-refractivity contribution in [2.24, 2.45) is 0 Å². The van der Waals surface area contributed by atoms with Crippen molar-refractivity contribution < 1.29 is 4.39 Å². The van der Waals surface area contributed by atoms with Gasteiger partial charge in [0, 0.05) is 12.4 Å². The fraction of sp³-hybridized carbons (Fsp3) is 0.429. The predicted molar refractivity (Wildman–Crippen MR) is 34.9 cm³/mol. The maximum absolute atomic E-state index is 12.7. The van der Waals surface area contributed by atoms with Gasteiger partial charge in [0.1, 0.15) is 0 Å². The Morgan fingerprint density at radius 3 is 2.44 bits per heavy atom. The summed E-state index contributed by atoms with van der Waals surface area (Å²) in [5, 5.41) is 0. The molecule has 0 fully saturated rings. The van der Waals surface area contributed by atoms with Crippen LogP contribution in [-0.2, 0) is 0 Å². The van der Waals surface area contributed by atoms with Gasteiger partial charge in [-0.2, -0.15) is 0 Å². The van der Waals surface area contributed by atoms with Gasteiger partial charge in [0.25, 0.3) is 0 Å². The molecule has 0 saturated carbocycles. The molecule has 9 heavy (non-hydrogen) atoms. The molecular formula is C7H10FN. The normalized spacial score (nSPS) is 13.6. The van der Waals surface area contributed by atoms with E-state index in [1.54, 1.807) is 17.0 Å². The van der Waals surface area contributed by atoms with Crippen LogP contribution >= 0.6 is 0 Å². The maximum Gasteiger partial charge on any atom is 0.175 e. The van der Waals surface area contributed by atoms with Crippen LogP contribution in [0.1, 0.15) is 19.6 Å². The van der Waals surface area contributed by atoms with E-state index in [1.807, 2.05) is 19.1 Å². The zero-order valence-corrected chi connectivity index (χ0v) is 5.42. The molecule has 0 bridgehead atoms. The molecule has 0 spiro atoms. The predicted octanol–water partition coefficient (Wildman–Crippen LogP) is 2.37. The van der Waals surface area contributed by atoms with E-state index in [0.717, 1.165) is 0 Å². The number of alkyl halides is 1. The van der Waals surface area contributed by atoms with Crippen LogP contribution in [-0.4, -0.2) is 4.57 Å². The second-order valence-electron chi connectivity index (χ2n) is 1.97. The number of aromatic nitrogens is 1. The lowest BCUT2D eigenvalue weighted by atomic mass is 10.4. The largest absolute Gasteiger partial charge is 0.324 e. The highest BCUT2D eigenvalue weighted by Gasteiger charge is 2.00. The number of nitrogens with zero attached hydrogens (tertiary/aromatic N) is 1. The Bertz CT molecular complexity index is 157. The van der Waals surface area contributed by atoms with Crippen molar-refractivity contribution >= 4 is 0 Å². The monoisotopic (exact) mass is 127 g/mol. The van der Waals surface area contributed by atoms with E-state index in [0.29, 0.717) is 6.42 Å². The smallest absolute Gasteiger partial charge is 0.175 e. The number of halogens is 1. The summed E-state index contributed by atoms with van der Waals surface area (Å²) in [6.07, 6.45) is 3.15. The summed E-state index contributed by atoms with van der Waals surface area (Å²) in [5.74, 6) is 0. The molecule has 1 rings (SSSR count). The standard InChI is InChI=1S/C7H10FN/c1-2-7(8)9-5-3-4-6-9/h3-7H,2H2,1H3. The lowest BCUT2D eigenvalue weighted by Gasteiger charge is -2.04. The summed E-state index contributed by atoms with van der Waals surface area (Å²) in [5.41, 5.74) is 0. The average Bonchev–Trinajstić information content (AvgIpc) is 2.37. The van der Waals surface area contributed by atoms with Crippen LogP contribution in [0.15, 0.2) is 24.5 Å². The molecule has 0 amide bonds. The first-order valence-corrected chi connectivity index (χ1v) is 3.11. The van der Waals surface area contributed by atoms with E-state index in [2.05, 4.69) is 0 Å². The van der Waals surface area contributed by atoms with Crippen molar-refractivity contribution in [2.75, 3.05) is 0 Å². The Kier molecular flexibility index (Phi) is 1.88. The van der Waals surface area contributed by atoms with Crippen molar-refractivity contribution in [3.8, 4) is 0 Å². The molecule has 1 aromatic heterocycles. The van der Waals surface area contributed by atoms with Crippen LogP contribution in [0.25, 0.3) is 0 Å². The minimum Gasteiger partial charge on any atom is -0.324 e. The third-order valence-electron chi connectivity index (χ3n) is 1.29. The molecule has 0 aromatic carbocycles. The lowest BCUT2D eigenvalue weighted by Crippen LogP contribution is -1.97. The first-order chi connectivity index (χ1) is 4.34. The zero-order valence-electron chi connectivity index (χ0n) is 5.42. The molecule has 0 aliphatic rings. The van der Waals surface area contributed by atoms with Gasteiger partial charge in [0.2, 0.25) is 0 Å². The van der Waals surface area contributed by atoms with Crippen molar-refractivity contribution in [1.29, 1.82) is 0 Å². The van der Waals surface area contributed by atoms with Gasteiger partial charge < -0.3 is 4.57 Å². The number of hydrogen-bond donors (Lipinski definition) is 0. The summed E-state index contributed by atoms with van der Waals surface area (Å²) in [6.45, 7) is 1.82. The summed E-state index contributed by atoms with van der Waals surface area (Å²) in [7, 11) is 0. The molecule has 0 aliphatic carbocycles. The maximum atomic E-state index is 12.7. The van der Waals surface area contributed by atoms with Crippen molar-refractivity contribution in [2.45, 2.75) is 19.6 Å². The molecular weight excluding hydrogens is 117 g/mol. The molecule has 50 valence electrons. The van der Waals surface area contributed by atoms with Crippen LogP contribution in [0.3, 0.4) is 0 Å². The highest BCUT2D eigenvalue weighted by molar-refractivity contribution is 4.91. The molecule has 0 N–H and O–H groups in total. The van der Waals surface area contributed by atoms with Crippen LogP contribution < -0.4 is 0 Å². The molecule has 1 nitrogen and oxygen atoms in total. The average molecular weight is 127 g/mol. The Morgan fingerprint density at radius 2 is 2.00 bits per heavy atom. The molecule has 2 heteroatoms. The molecule has 0 aliphatic heterocycles. The van der Waals surface area contributed by atoms with E-state index in [4.69, 9.17) is 0 Å². The van der Waals surface area contributed by atoms with Gasteiger partial charge in [-0.3, -0.25) is 0 Å². The summed E-state index contributed by atoms with van der Waals surface area (Å²) in [6, 6.07) is 3.64. The van der Waals surface area contributed by atoms with E-state index in [1.165, 1.54) is 0 Å². The molecule has 0 saturated heterocycles. The SMILES string of the molecule is CCC(F)n1cccc1. The number of hydrogen-bond acceptors (Lipinski definition) is 0. The fourth-order valence-electron chi connectivity index (χ4n) is 0.745. The first-order valence-electron chi connectivity index (χ1n) is 3.11. The molecule has 1 heterocycles. The first kappa shape index (κ1) is 6.33. The Hall–Kier alpha value is -0.790.